The Balaban J connectivity index is 2.57. The molecule has 0 aliphatic heterocycles. The molecule has 0 radical (unpaired) electrons. The van der Waals surface area contributed by atoms with Crippen molar-refractivity contribution in [1.82, 2.24) is 5.16 Å². The average Bonchev–Trinajstić information content (AvgIpc) is 2.80. The Morgan fingerprint density at radius 3 is 2.40 bits per heavy atom. The Morgan fingerprint density at radius 1 is 1.25 bits per heavy atom. The lowest BCUT2D eigenvalue weighted by atomic mass is 9.84. The second-order valence-electron chi connectivity index (χ2n) is 5.82. The fourth-order valence-corrected chi connectivity index (χ4v) is 2.01. The van der Waals surface area contributed by atoms with Crippen molar-refractivity contribution < 1.29 is 19.5 Å². The summed E-state index contributed by atoms with van der Waals surface area (Å²) in [5.41, 5.74) is 1.82. The van der Waals surface area contributed by atoms with Gasteiger partial charge in [0.1, 0.15) is 5.75 Å². The second-order valence-corrected chi connectivity index (χ2v) is 5.82. The van der Waals surface area contributed by atoms with E-state index in [-0.39, 0.29) is 16.9 Å². The van der Waals surface area contributed by atoms with E-state index < -0.39 is 5.97 Å². The number of aromatic nitrogens is 1. The third-order valence-electron chi connectivity index (χ3n) is 3.12. The lowest BCUT2D eigenvalue weighted by Crippen LogP contribution is -2.12. The molecule has 5 nitrogen and oxygen atoms in total. The minimum Gasteiger partial charge on any atom is -0.507 e. The molecule has 0 saturated carbocycles. The van der Waals surface area contributed by atoms with E-state index in [0.29, 0.717) is 16.9 Å². The summed E-state index contributed by atoms with van der Waals surface area (Å²) in [4.78, 5) is 10.8. The molecule has 5 heteroatoms. The number of rotatable bonds is 2. The standard InChI is InChI=1S/C15H17NO4/c1-8-5-9(6-10(13(8)17)15(2,3)4)12-7-11(14(18)19)16-20-12/h5-7,17H,1-4H3,(H,18,19). The fourth-order valence-electron chi connectivity index (χ4n) is 2.01. The van der Waals surface area contributed by atoms with Crippen LogP contribution in [0, 0.1) is 6.92 Å². The number of carbonyl (C=O) groups is 1. The third kappa shape index (κ3) is 2.52. The maximum atomic E-state index is 10.8. The number of phenols is 1. The van der Waals surface area contributed by atoms with Gasteiger partial charge in [-0.3, -0.25) is 0 Å². The van der Waals surface area contributed by atoms with Crippen LogP contribution >= 0.6 is 0 Å². The number of benzene rings is 1. The van der Waals surface area contributed by atoms with Gasteiger partial charge < -0.3 is 14.7 Å². The first-order valence-corrected chi connectivity index (χ1v) is 6.24. The zero-order chi connectivity index (χ0) is 15.1. The number of aromatic hydroxyl groups is 1. The fraction of sp³-hybridized carbons (Fsp3) is 0.333. The molecule has 0 spiro atoms. The van der Waals surface area contributed by atoms with Gasteiger partial charge in [-0.05, 0) is 30.0 Å². The Morgan fingerprint density at radius 2 is 1.90 bits per heavy atom. The van der Waals surface area contributed by atoms with E-state index in [1.165, 1.54) is 6.07 Å². The van der Waals surface area contributed by atoms with Gasteiger partial charge in [-0.25, -0.2) is 4.79 Å². The molecule has 0 saturated heterocycles. The SMILES string of the molecule is Cc1cc(-c2cc(C(=O)O)no2)cc(C(C)(C)C)c1O. The normalized spacial score (nSPS) is 11.6. The zero-order valence-electron chi connectivity index (χ0n) is 11.9. The molecule has 0 bridgehead atoms. The number of carboxylic acids is 1. The van der Waals surface area contributed by atoms with Crippen molar-refractivity contribution in [3.63, 3.8) is 0 Å². The van der Waals surface area contributed by atoms with Crippen molar-refractivity contribution in [2.24, 2.45) is 0 Å². The predicted molar refractivity (Wildman–Crippen MR) is 74.0 cm³/mol. The van der Waals surface area contributed by atoms with E-state index in [2.05, 4.69) is 5.16 Å². The van der Waals surface area contributed by atoms with Crippen LogP contribution < -0.4 is 0 Å². The molecule has 106 valence electrons. The van der Waals surface area contributed by atoms with Crippen LogP contribution in [-0.2, 0) is 5.41 Å². The summed E-state index contributed by atoms with van der Waals surface area (Å²) in [6, 6.07) is 4.92. The van der Waals surface area contributed by atoms with Gasteiger partial charge in [0.2, 0.25) is 0 Å². The van der Waals surface area contributed by atoms with E-state index in [4.69, 9.17) is 9.63 Å². The van der Waals surface area contributed by atoms with Gasteiger partial charge in [-0.1, -0.05) is 25.9 Å². The highest BCUT2D eigenvalue weighted by molar-refractivity contribution is 5.86. The number of phenolic OH excluding ortho intramolecular Hbond substituents is 1. The molecular weight excluding hydrogens is 258 g/mol. The van der Waals surface area contributed by atoms with Gasteiger partial charge in [0, 0.05) is 17.2 Å². The highest BCUT2D eigenvalue weighted by Gasteiger charge is 2.22. The molecule has 1 heterocycles. The van der Waals surface area contributed by atoms with Crippen LogP contribution in [-0.4, -0.2) is 21.3 Å². The van der Waals surface area contributed by atoms with Crippen molar-refractivity contribution >= 4 is 5.97 Å². The summed E-state index contributed by atoms with van der Waals surface area (Å²) in [6.07, 6.45) is 0. The van der Waals surface area contributed by atoms with Crippen molar-refractivity contribution in [2.75, 3.05) is 0 Å². The topological polar surface area (TPSA) is 83.6 Å². The summed E-state index contributed by atoms with van der Waals surface area (Å²) in [7, 11) is 0. The van der Waals surface area contributed by atoms with Gasteiger partial charge in [0.05, 0.1) is 0 Å². The van der Waals surface area contributed by atoms with Gasteiger partial charge in [0.15, 0.2) is 11.5 Å². The Labute approximate surface area is 116 Å². The summed E-state index contributed by atoms with van der Waals surface area (Å²) >= 11 is 0. The highest BCUT2D eigenvalue weighted by atomic mass is 16.5. The molecule has 1 aromatic carbocycles. The number of carboxylic acid groups (broad SMARTS) is 1. The predicted octanol–water partition coefficient (Wildman–Crippen LogP) is 3.35. The van der Waals surface area contributed by atoms with Crippen LogP contribution in [0.2, 0.25) is 0 Å². The van der Waals surface area contributed by atoms with Crippen LogP contribution in [0.25, 0.3) is 11.3 Å². The Kier molecular flexibility index (Phi) is 3.29. The molecule has 20 heavy (non-hydrogen) atoms. The molecule has 2 rings (SSSR count). The number of aryl methyl sites for hydroxylation is 1. The minimum atomic E-state index is -1.13. The van der Waals surface area contributed by atoms with Crippen LogP contribution in [0.3, 0.4) is 0 Å². The monoisotopic (exact) mass is 275 g/mol. The minimum absolute atomic E-state index is 0.136. The van der Waals surface area contributed by atoms with E-state index in [0.717, 1.165) is 5.56 Å². The zero-order valence-corrected chi connectivity index (χ0v) is 11.9. The van der Waals surface area contributed by atoms with E-state index in [9.17, 15) is 9.90 Å². The highest BCUT2D eigenvalue weighted by Crippen LogP contribution is 2.37. The van der Waals surface area contributed by atoms with Crippen LogP contribution in [0.5, 0.6) is 5.75 Å². The van der Waals surface area contributed by atoms with Crippen molar-refractivity contribution in [3.05, 3.63) is 35.0 Å². The summed E-state index contributed by atoms with van der Waals surface area (Å²) < 4.78 is 5.06. The maximum absolute atomic E-state index is 10.8. The number of hydrogen-bond donors (Lipinski definition) is 2. The lowest BCUT2D eigenvalue weighted by molar-refractivity contribution is 0.0686. The molecule has 0 aliphatic rings. The van der Waals surface area contributed by atoms with Crippen LogP contribution in [0.15, 0.2) is 22.7 Å². The van der Waals surface area contributed by atoms with E-state index in [1.54, 1.807) is 19.1 Å². The average molecular weight is 275 g/mol. The van der Waals surface area contributed by atoms with Gasteiger partial charge in [-0.15, -0.1) is 0 Å². The molecular formula is C15H17NO4. The molecule has 2 aromatic rings. The summed E-state index contributed by atoms with van der Waals surface area (Å²) in [6.45, 7) is 7.78. The lowest BCUT2D eigenvalue weighted by Gasteiger charge is -2.22. The van der Waals surface area contributed by atoms with E-state index >= 15 is 0 Å². The third-order valence-corrected chi connectivity index (χ3v) is 3.12. The van der Waals surface area contributed by atoms with E-state index in [1.807, 2.05) is 20.8 Å². The van der Waals surface area contributed by atoms with Crippen molar-refractivity contribution in [1.29, 1.82) is 0 Å². The van der Waals surface area contributed by atoms with Gasteiger partial charge in [0.25, 0.3) is 0 Å². The van der Waals surface area contributed by atoms with Crippen molar-refractivity contribution in [2.45, 2.75) is 33.1 Å². The summed E-state index contributed by atoms with van der Waals surface area (Å²) in [5, 5.41) is 22.5. The molecule has 0 fully saturated rings. The Hall–Kier alpha value is -2.30. The molecule has 0 unspecified atom stereocenters. The number of hydrogen-bond acceptors (Lipinski definition) is 4. The molecule has 0 atom stereocenters. The first-order valence-electron chi connectivity index (χ1n) is 6.24. The van der Waals surface area contributed by atoms with Gasteiger partial charge in [-0.2, -0.15) is 0 Å². The number of nitrogens with zero attached hydrogens (tertiary/aromatic N) is 1. The van der Waals surface area contributed by atoms with Crippen molar-refractivity contribution in [3.8, 4) is 17.1 Å². The maximum Gasteiger partial charge on any atom is 0.358 e. The second kappa shape index (κ2) is 4.67. The number of aromatic carboxylic acids is 1. The Bertz CT molecular complexity index is 665. The van der Waals surface area contributed by atoms with Gasteiger partial charge >= 0.3 is 5.97 Å². The first-order chi connectivity index (χ1) is 9.20. The molecule has 0 aliphatic carbocycles. The first kappa shape index (κ1) is 14.1. The quantitative estimate of drug-likeness (QED) is 0.878. The largest absolute Gasteiger partial charge is 0.507 e. The summed E-state index contributed by atoms with van der Waals surface area (Å²) in [5.74, 6) is -0.512. The smallest absolute Gasteiger partial charge is 0.358 e. The molecule has 0 amide bonds. The molecule has 2 N–H and O–H groups in total. The molecule has 1 aromatic heterocycles. The van der Waals surface area contributed by atoms with Crippen LogP contribution in [0.4, 0.5) is 0 Å². The van der Waals surface area contributed by atoms with Crippen LogP contribution in [0.1, 0.15) is 42.4 Å².